The van der Waals surface area contributed by atoms with Crippen LogP contribution in [0.1, 0.15) is 44.9 Å². The molecule has 0 saturated carbocycles. The fraction of sp³-hybridized carbons (Fsp3) is 0.476. The van der Waals surface area contributed by atoms with Gasteiger partial charge in [0, 0.05) is 19.0 Å². The van der Waals surface area contributed by atoms with E-state index in [1.807, 2.05) is 0 Å². The van der Waals surface area contributed by atoms with Gasteiger partial charge >= 0.3 is 12.1 Å². The topological polar surface area (TPSA) is 180 Å². The van der Waals surface area contributed by atoms with Crippen molar-refractivity contribution in [1.29, 1.82) is 0 Å². The van der Waals surface area contributed by atoms with Crippen molar-refractivity contribution in [2.24, 2.45) is 0 Å². The Kier molecular flexibility index (Phi) is 7.44. The number of hydrogen-bond donors (Lipinski definition) is 4. The number of aromatic nitrogens is 4. The average Bonchev–Trinajstić information content (AvgIpc) is 3.40. The summed E-state index contributed by atoms with van der Waals surface area (Å²) in [5.41, 5.74) is 0.355. The Bertz CT molecular complexity index is 1050. The van der Waals surface area contributed by atoms with E-state index in [4.69, 9.17) is 9.84 Å². The highest BCUT2D eigenvalue weighted by Gasteiger charge is 2.42. The molecule has 2 aromatic rings. The molecule has 0 radical (unpaired) electrons. The second-order valence-corrected chi connectivity index (χ2v) is 8.72. The zero-order valence-corrected chi connectivity index (χ0v) is 19.1. The monoisotopic (exact) mass is 473 g/mol. The fourth-order valence-corrected chi connectivity index (χ4v) is 3.47. The number of anilines is 1. The third-order valence-electron chi connectivity index (χ3n) is 4.91. The van der Waals surface area contributed by atoms with E-state index in [0.29, 0.717) is 11.3 Å². The highest BCUT2D eigenvalue weighted by Crippen LogP contribution is 2.31. The van der Waals surface area contributed by atoms with Crippen LogP contribution in [0.3, 0.4) is 0 Å². The largest absolute Gasteiger partial charge is 0.481 e. The number of hydrogen-bond acceptors (Lipinski definition) is 8. The average molecular weight is 473 g/mol. The Morgan fingerprint density at radius 3 is 2.74 bits per heavy atom. The number of aromatic amines is 1. The molecule has 3 rings (SSSR count). The van der Waals surface area contributed by atoms with Crippen LogP contribution in [0.5, 0.6) is 0 Å². The first-order valence-electron chi connectivity index (χ1n) is 10.7. The molecule has 0 spiro atoms. The second-order valence-electron chi connectivity index (χ2n) is 8.72. The van der Waals surface area contributed by atoms with Crippen molar-refractivity contribution in [3.8, 4) is 0 Å². The van der Waals surface area contributed by atoms with Crippen LogP contribution in [0, 0.1) is 0 Å². The second kappa shape index (κ2) is 10.3. The number of carbonyl (C=O) groups is 4. The molecule has 182 valence electrons. The van der Waals surface area contributed by atoms with Crippen LogP contribution in [-0.2, 0) is 32.1 Å². The summed E-state index contributed by atoms with van der Waals surface area (Å²) in [6, 6.07) is 1.25. The maximum absolute atomic E-state index is 13.6. The van der Waals surface area contributed by atoms with Crippen molar-refractivity contribution in [2.45, 2.75) is 64.3 Å². The molecule has 0 saturated heterocycles. The summed E-state index contributed by atoms with van der Waals surface area (Å²) in [5, 5.41) is 24.3. The van der Waals surface area contributed by atoms with Gasteiger partial charge in [-0.05, 0) is 38.8 Å². The first kappa shape index (κ1) is 24.6. The van der Waals surface area contributed by atoms with Crippen LogP contribution >= 0.6 is 0 Å². The number of rotatable bonds is 8. The van der Waals surface area contributed by atoms with Crippen LogP contribution in [-0.4, -0.2) is 67.1 Å². The smallest absolute Gasteiger partial charge is 0.408 e. The summed E-state index contributed by atoms with van der Waals surface area (Å²) in [6.45, 7) is 5.08. The molecule has 1 unspecified atom stereocenters. The van der Waals surface area contributed by atoms with Gasteiger partial charge in [-0.25, -0.2) is 9.78 Å². The highest BCUT2D eigenvalue weighted by molar-refractivity contribution is 6.05. The van der Waals surface area contributed by atoms with Crippen molar-refractivity contribution in [1.82, 2.24) is 31.0 Å². The zero-order valence-electron chi connectivity index (χ0n) is 19.1. The molecule has 0 aliphatic carbocycles. The maximum Gasteiger partial charge on any atom is 0.408 e. The zero-order chi connectivity index (χ0) is 24.9. The molecule has 3 heterocycles. The lowest BCUT2D eigenvalue weighted by atomic mass is 10.1. The lowest BCUT2D eigenvalue weighted by Crippen LogP contribution is -2.55. The van der Waals surface area contributed by atoms with E-state index in [1.54, 1.807) is 32.9 Å². The maximum atomic E-state index is 13.6. The third kappa shape index (κ3) is 6.27. The molecule has 13 nitrogen and oxygen atoms in total. The summed E-state index contributed by atoms with van der Waals surface area (Å²) >= 11 is 0. The molecule has 0 bridgehead atoms. The number of pyridine rings is 1. The van der Waals surface area contributed by atoms with Gasteiger partial charge in [0.1, 0.15) is 29.2 Å². The van der Waals surface area contributed by atoms with E-state index in [-0.39, 0.29) is 31.6 Å². The lowest BCUT2D eigenvalue weighted by Gasteiger charge is -2.29. The van der Waals surface area contributed by atoms with Gasteiger partial charge in [-0.2, -0.15) is 15.4 Å². The number of alkyl carbamates (subject to hydrolysis) is 1. The van der Waals surface area contributed by atoms with Crippen molar-refractivity contribution >= 4 is 29.7 Å². The van der Waals surface area contributed by atoms with Crippen molar-refractivity contribution in [3.05, 3.63) is 35.8 Å². The SMILES string of the molecule is CC(C)(C)OC(=O)NC(CCC(=O)O)C(=O)N1c2ncccc2C[C@H]1C(=O)NCc1cn[nH]n1. The van der Waals surface area contributed by atoms with Gasteiger partial charge in [0.05, 0.1) is 12.7 Å². The summed E-state index contributed by atoms with van der Waals surface area (Å²) in [4.78, 5) is 55.6. The van der Waals surface area contributed by atoms with Gasteiger partial charge in [-0.15, -0.1) is 0 Å². The van der Waals surface area contributed by atoms with Gasteiger partial charge < -0.3 is 20.5 Å². The lowest BCUT2D eigenvalue weighted by molar-refractivity contribution is -0.137. The minimum Gasteiger partial charge on any atom is -0.481 e. The van der Waals surface area contributed by atoms with Crippen LogP contribution in [0.2, 0.25) is 0 Å². The minimum atomic E-state index is -1.25. The van der Waals surface area contributed by atoms with E-state index in [0.717, 1.165) is 0 Å². The van der Waals surface area contributed by atoms with Crippen molar-refractivity contribution in [3.63, 3.8) is 0 Å². The standard InChI is InChI=1S/C21H27N7O6/c1-21(2,3)34-20(33)25-14(6-7-16(29)30)19(32)28-15(9-12-5-4-8-22-17(12)28)18(31)23-10-13-11-24-27-26-13/h4-5,8,11,14-15H,6-7,9-10H2,1-3H3,(H,23,31)(H,25,33)(H,29,30)(H,24,26,27)/t14?,15-/m0/s1. The number of ether oxygens (including phenoxy) is 1. The molecule has 13 heteroatoms. The fourth-order valence-electron chi connectivity index (χ4n) is 3.47. The number of nitrogens with zero attached hydrogens (tertiary/aromatic N) is 4. The predicted octanol–water partition coefficient (Wildman–Crippen LogP) is 0.532. The van der Waals surface area contributed by atoms with Crippen LogP contribution < -0.4 is 15.5 Å². The Hall–Kier alpha value is -4.03. The van der Waals surface area contributed by atoms with E-state index >= 15 is 0 Å². The molecule has 2 aromatic heterocycles. The molecule has 34 heavy (non-hydrogen) atoms. The van der Waals surface area contributed by atoms with E-state index in [9.17, 15) is 19.2 Å². The van der Waals surface area contributed by atoms with Crippen molar-refractivity contribution in [2.75, 3.05) is 4.90 Å². The third-order valence-corrected chi connectivity index (χ3v) is 4.91. The number of carboxylic acid groups (broad SMARTS) is 1. The Labute approximate surface area is 195 Å². The summed E-state index contributed by atoms with van der Waals surface area (Å²) in [7, 11) is 0. The number of nitrogens with one attached hydrogen (secondary N) is 3. The Balaban J connectivity index is 1.84. The molecule has 1 aliphatic heterocycles. The molecule has 4 N–H and O–H groups in total. The normalized spacial score (nSPS) is 15.9. The van der Waals surface area contributed by atoms with E-state index < -0.39 is 41.6 Å². The van der Waals surface area contributed by atoms with Crippen molar-refractivity contribution < 1.29 is 29.0 Å². The Morgan fingerprint density at radius 1 is 1.32 bits per heavy atom. The summed E-state index contributed by atoms with van der Waals surface area (Å²) < 4.78 is 5.23. The minimum absolute atomic E-state index is 0.0935. The van der Waals surface area contributed by atoms with Gasteiger partial charge in [0.15, 0.2) is 0 Å². The molecule has 2 atom stereocenters. The molecule has 0 aromatic carbocycles. The number of aliphatic carboxylic acids is 1. The quantitative estimate of drug-likeness (QED) is 0.425. The first-order valence-corrected chi connectivity index (χ1v) is 10.7. The van der Waals surface area contributed by atoms with Gasteiger partial charge in [0.25, 0.3) is 5.91 Å². The molecule has 1 aliphatic rings. The Morgan fingerprint density at radius 2 is 2.09 bits per heavy atom. The van der Waals surface area contributed by atoms with E-state index in [2.05, 4.69) is 31.0 Å². The van der Waals surface area contributed by atoms with Crippen LogP contribution in [0.4, 0.5) is 10.6 Å². The molecular weight excluding hydrogens is 446 g/mol. The number of carbonyl (C=O) groups excluding carboxylic acids is 3. The highest BCUT2D eigenvalue weighted by atomic mass is 16.6. The molecule has 0 fully saturated rings. The van der Waals surface area contributed by atoms with Crippen LogP contribution in [0.25, 0.3) is 0 Å². The number of fused-ring (bicyclic) bond motifs is 1. The molecular formula is C21H27N7O6. The van der Waals surface area contributed by atoms with Gasteiger partial charge in [-0.1, -0.05) is 6.07 Å². The number of H-pyrrole nitrogens is 1. The molecule has 3 amide bonds. The number of amides is 3. The van der Waals surface area contributed by atoms with Gasteiger partial charge in [-0.3, -0.25) is 19.3 Å². The van der Waals surface area contributed by atoms with E-state index in [1.165, 1.54) is 17.3 Å². The summed E-state index contributed by atoms with van der Waals surface area (Å²) in [6.07, 6.45) is 1.71. The predicted molar refractivity (Wildman–Crippen MR) is 117 cm³/mol. The van der Waals surface area contributed by atoms with Crippen LogP contribution in [0.15, 0.2) is 24.5 Å². The number of carboxylic acids is 1. The first-order chi connectivity index (χ1) is 16.0. The summed E-state index contributed by atoms with van der Waals surface area (Å²) in [5.74, 6) is -1.97. The van der Waals surface area contributed by atoms with Gasteiger partial charge in [0.2, 0.25) is 5.91 Å².